The van der Waals surface area contributed by atoms with Crippen molar-refractivity contribution in [2.45, 2.75) is 52.0 Å². The van der Waals surface area contributed by atoms with Crippen molar-refractivity contribution in [3.8, 4) is 0 Å². The molecule has 1 heteroatoms. The second-order valence-electron chi connectivity index (χ2n) is 6.26. The van der Waals surface area contributed by atoms with E-state index in [0.717, 1.165) is 12.3 Å². The largest absolute Gasteiger partial charge is 0.324 e. The van der Waals surface area contributed by atoms with Crippen molar-refractivity contribution in [2.75, 3.05) is 0 Å². The standard InChI is InChI=1S/C16H25N/c1-5-16(3,4)13-8-6-12(7-9-13)15(17)14-10-11(14)2/h6-9,11,14-15H,5,10,17H2,1-4H3. The Balaban J connectivity index is 2.13. The van der Waals surface area contributed by atoms with Gasteiger partial charge in [-0.1, -0.05) is 52.0 Å². The predicted molar refractivity (Wildman–Crippen MR) is 74.0 cm³/mol. The van der Waals surface area contributed by atoms with Crippen molar-refractivity contribution in [1.82, 2.24) is 0 Å². The number of hydrogen-bond donors (Lipinski definition) is 1. The van der Waals surface area contributed by atoms with Gasteiger partial charge in [0.15, 0.2) is 0 Å². The van der Waals surface area contributed by atoms with Crippen molar-refractivity contribution in [3.63, 3.8) is 0 Å². The van der Waals surface area contributed by atoms with Crippen molar-refractivity contribution < 1.29 is 0 Å². The molecule has 0 spiro atoms. The SMILES string of the molecule is CCC(C)(C)c1ccc(C(N)C2CC2C)cc1. The predicted octanol–water partition coefficient (Wildman–Crippen LogP) is 4.03. The van der Waals surface area contributed by atoms with Gasteiger partial charge in [0, 0.05) is 6.04 Å². The van der Waals surface area contributed by atoms with E-state index < -0.39 is 0 Å². The maximum atomic E-state index is 6.28. The van der Waals surface area contributed by atoms with Crippen molar-refractivity contribution >= 4 is 0 Å². The summed E-state index contributed by atoms with van der Waals surface area (Å²) in [4.78, 5) is 0. The maximum absolute atomic E-state index is 6.28. The second-order valence-corrected chi connectivity index (χ2v) is 6.26. The fraction of sp³-hybridized carbons (Fsp3) is 0.625. The summed E-state index contributed by atoms with van der Waals surface area (Å²) in [7, 11) is 0. The Kier molecular flexibility index (Phi) is 3.31. The smallest absolute Gasteiger partial charge is 0.0326 e. The van der Waals surface area contributed by atoms with Crippen LogP contribution in [-0.4, -0.2) is 0 Å². The van der Waals surface area contributed by atoms with Crippen LogP contribution in [0.4, 0.5) is 0 Å². The molecule has 1 nitrogen and oxygen atoms in total. The van der Waals surface area contributed by atoms with E-state index in [1.165, 1.54) is 17.5 Å². The van der Waals surface area contributed by atoms with Gasteiger partial charge in [-0.05, 0) is 41.2 Å². The van der Waals surface area contributed by atoms with Crippen LogP contribution >= 0.6 is 0 Å². The van der Waals surface area contributed by atoms with Gasteiger partial charge in [0.1, 0.15) is 0 Å². The van der Waals surface area contributed by atoms with Crippen LogP contribution in [0.25, 0.3) is 0 Å². The zero-order valence-electron chi connectivity index (χ0n) is 11.5. The minimum Gasteiger partial charge on any atom is -0.324 e. The second kappa shape index (κ2) is 4.45. The topological polar surface area (TPSA) is 26.0 Å². The van der Waals surface area contributed by atoms with Crippen LogP contribution in [0.1, 0.15) is 57.7 Å². The van der Waals surface area contributed by atoms with Gasteiger partial charge < -0.3 is 5.73 Å². The highest BCUT2D eigenvalue weighted by Gasteiger charge is 2.38. The van der Waals surface area contributed by atoms with Gasteiger partial charge in [-0.15, -0.1) is 0 Å². The Hall–Kier alpha value is -0.820. The van der Waals surface area contributed by atoms with Gasteiger partial charge >= 0.3 is 0 Å². The van der Waals surface area contributed by atoms with Gasteiger partial charge in [0.05, 0.1) is 0 Å². The average Bonchev–Trinajstić information content (AvgIpc) is 3.05. The third kappa shape index (κ3) is 2.55. The first-order chi connectivity index (χ1) is 7.95. The van der Waals surface area contributed by atoms with Crippen LogP contribution in [0.2, 0.25) is 0 Å². The Morgan fingerprint density at radius 3 is 2.24 bits per heavy atom. The Morgan fingerprint density at radius 2 is 1.82 bits per heavy atom. The lowest BCUT2D eigenvalue weighted by molar-refractivity contribution is 0.505. The summed E-state index contributed by atoms with van der Waals surface area (Å²) in [6, 6.07) is 9.20. The van der Waals surface area contributed by atoms with Gasteiger partial charge in [0.25, 0.3) is 0 Å². The molecule has 0 radical (unpaired) electrons. The molecule has 2 N–H and O–H groups in total. The highest BCUT2D eigenvalue weighted by molar-refractivity contribution is 5.30. The van der Waals surface area contributed by atoms with E-state index in [-0.39, 0.29) is 11.5 Å². The summed E-state index contributed by atoms with van der Waals surface area (Å²) in [5.41, 5.74) is 9.27. The minimum absolute atomic E-state index is 0.240. The number of nitrogens with two attached hydrogens (primary N) is 1. The van der Waals surface area contributed by atoms with Crippen LogP contribution in [0, 0.1) is 11.8 Å². The molecule has 1 aromatic carbocycles. The molecule has 0 saturated heterocycles. The van der Waals surface area contributed by atoms with Crippen molar-refractivity contribution in [1.29, 1.82) is 0 Å². The molecular weight excluding hydrogens is 206 g/mol. The van der Waals surface area contributed by atoms with Crippen LogP contribution in [-0.2, 0) is 5.41 Å². The summed E-state index contributed by atoms with van der Waals surface area (Å²) < 4.78 is 0. The third-order valence-electron chi connectivity index (χ3n) is 4.59. The van der Waals surface area contributed by atoms with Gasteiger partial charge in [-0.2, -0.15) is 0 Å². The van der Waals surface area contributed by atoms with Gasteiger partial charge in [0.2, 0.25) is 0 Å². The summed E-state index contributed by atoms with van der Waals surface area (Å²) >= 11 is 0. The fourth-order valence-electron chi connectivity index (χ4n) is 2.46. The summed E-state index contributed by atoms with van der Waals surface area (Å²) in [6.07, 6.45) is 2.46. The van der Waals surface area contributed by atoms with Gasteiger partial charge in [-0.25, -0.2) is 0 Å². The molecular formula is C16H25N. The molecule has 17 heavy (non-hydrogen) atoms. The molecule has 94 valence electrons. The first-order valence-electron chi connectivity index (χ1n) is 6.81. The first kappa shape index (κ1) is 12.6. The van der Waals surface area contributed by atoms with Crippen molar-refractivity contribution in [3.05, 3.63) is 35.4 Å². The molecule has 0 bridgehead atoms. The Morgan fingerprint density at radius 1 is 1.29 bits per heavy atom. The molecule has 0 aliphatic heterocycles. The van der Waals surface area contributed by atoms with E-state index in [1.807, 2.05) is 0 Å². The zero-order valence-corrected chi connectivity index (χ0v) is 11.5. The molecule has 0 heterocycles. The van der Waals surface area contributed by atoms with Crippen LogP contribution in [0.5, 0.6) is 0 Å². The quantitative estimate of drug-likeness (QED) is 0.832. The number of benzene rings is 1. The van der Waals surface area contributed by atoms with E-state index in [2.05, 4.69) is 52.0 Å². The monoisotopic (exact) mass is 231 g/mol. The van der Waals surface area contributed by atoms with Crippen LogP contribution in [0.15, 0.2) is 24.3 Å². The molecule has 3 unspecified atom stereocenters. The van der Waals surface area contributed by atoms with Crippen molar-refractivity contribution in [2.24, 2.45) is 17.6 Å². The molecule has 1 aliphatic carbocycles. The number of rotatable bonds is 4. The van der Waals surface area contributed by atoms with E-state index in [1.54, 1.807) is 0 Å². The minimum atomic E-state index is 0.240. The number of hydrogen-bond acceptors (Lipinski definition) is 1. The summed E-state index contributed by atoms with van der Waals surface area (Å²) in [5.74, 6) is 1.52. The normalized spacial score (nSPS) is 25.7. The highest BCUT2D eigenvalue weighted by atomic mass is 14.7. The van der Waals surface area contributed by atoms with Crippen LogP contribution < -0.4 is 5.73 Å². The highest BCUT2D eigenvalue weighted by Crippen LogP contribution is 2.45. The molecule has 1 aliphatic rings. The molecule has 1 fully saturated rings. The van der Waals surface area contributed by atoms with Crippen LogP contribution in [0.3, 0.4) is 0 Å². The summed E-state index contributed by atoms with van der Waals surface area (Å²) in [6.45, 7) is 9.13. The third-order valence-corrected chi connectivity index (χ3v) is 4.59. The Labute approximate surface area is 105 Å². The zero-order chi connectivity index (χ0) is 12.6. The maximum Gasteiger partial charge on any atom is 0.0326 e. The van der Waals surface area contributed by atoms with E-state index in [4.69, 9.17) is 5.73 Å². The van der Waals surface area contributed by atoms with E-state index in [9.17, 15) is 0 Å². The first-order valence-corrected chi connectivity index (χ1v) is 6.81. The van der Waals surface area contributed by atoms with Gasteiger partial charge in [-0.3, -0.25) is 0 Å². The fourth-order valence-corrected chi connectivity index (χ4v) is 2.46. The Bertz CT molecular complexity index is 377. The summed E-state index contributed by atoms with van der Waals surface area (Å²) in [5, 5.41) is 0. The molecule has 1 aromatic rings. The molecule has 0 aromatic heterocycles. The average molecular weight is 231 g/mol. The van der Waals surface area contributed by atoms with E-state index >= 15 is 0 Å². The molecule has 2 rings (SSSR count). The molecule has 1 saturated carbocycles. The van der Waals surface area contributed by atoms with E-state index in [0.29, 0.717) is 5.92 Å². The lowest BCUT2D eigenvalue weighted by atomic mass is 9.81. The molecule has 0 amide bonds. The lowest BCUT2D eigenvalue weighted by Crippen LogP contribution is -2.17. The lowest BCUT2D eigenvalue weighted by Gasteiger charge is -2.24. The molecule has 3 atom stereocenters.